The Balaban J connectivity index is 1.58. The van der Waals surface area contributed by atoms with Gasteiger partial charge in [-0.2, -0.15) is 0 Å². The van der Waals surface area contributed by atoms with E-state index in [0.29, 0.717) is 28.4 Å². The van der Waals surface area contributed by atoms with Crippen molar-refractivity contribution in [1.29, 1.82) is 0 Å². The zero-order chi connectivity index (χ0) is 26.1. The molecule has 0 saturated carbocycles. The Bertz CT molecular complexity index is 1230. The number of hydrogen-bond acceptors (Lipinski definition) is 6. The standard InChI is InChI=1S/C27H30N4O5/c1-17-6-4-5-7-22(17)30-27(34)31-23-13-8-18(14-24(23)35-2)15-25(32)29-20-11-9-19(10-12-20)21(28)16-26(33)36-3/h4-14,21H,15-16,28H2,1-3H3,(H,29,32)(H2,30,31,34). The molecule has 9 heteroatoms. The molecule has 0 aliphatic rings. The number of anilines is 3. The fraction of sp³-hybridized carbons (Fsp3) is 0.222. The predicted molar refractivity (Wildman–Crippen MR) is 139 cm³/mol. The van der Waals surface area contributed by atoms with Crippen molar-refractivity contribution in [3.05, 3.63) is 83.4 Å². The van der Waals surface area contributed by atoms with Crippen LogP contribution in [0.1, 0.15) is 29.2 Å². The van der Waals surface area contributed by atoms with Crippen LogP contribution in [0.3, 0.4) is 0 Å². The minimum absolute atomic E-state index is 0.0719. The van der Waals surface area contributed by atoms with E-state index in [-0.39, 0.29) is 24.7 Å². The molecule has 0 radical (unpaired) electrons. The van der Waals surface area contributed by atoms with E-state index >= 15 is 0 Å². The normalized spacial score (nSPS) is 11.2. The highest BCUT2D eigenvalue weighted by Gasteiger charge is 2.14. The molecule has 0 heterocycles. The maximum Gasteiger partial charge on any atom is 0.323 e. The van der Waals surface area contributed by atoms with E-state index in [9.17, 15) is 14.4 Å². The molecule has 0 aliphatic carbocycles. The SMILES string of the molecule is COC(=O)CC(N)c1ccc(NC(=O)Cc2ccc(NC(=O)Nc3ccccc3C)c(OC)c2)cc1. The number of rotatable bonds is 9. The lowest BCUT2D eigenvalue weighted by atomic mass is 10.0. The average Bonchev–Trinajstić information content (AvgIpc) is 2.86. The minimum Gasteiger partial charge on any atom is -0.495 e. The largest absolute Gasteiger partial charge is 0.495 e. The van der Waals surface area contributed by atoms with Crippen molar-refractivity contribution in [3.8, 4) is 5.75 Å². The Morgan fingerprint density at radius 2 is 1.58 bits per heavy atom. The molecule has 0 saturated heterocycles. The molecule has 0 bridgehead atoms. The summed E-state index contributed by atoms with van der Waals surface area (Å²) < 4.78 is 10.1. The number of benzene rings is 3. The molecule has 3 amide bonds. The van der Waals surface area contributed by atoms with Gasteiger partial charge in [-0.15, -0.1) is 0 Å². The molecule has 3 aromatic carbocycles. The van der Waals surface area contributed by atoms with Crippen LogP contribution in [0.25, 0.3) is 0 Å². The van der Waals surface area contributed by atoms with Gasteiger partial charge in [0.1, 0.15) is 5.75 Å². The van der Waals surface area contributed by atoms with Crippen LogP contribution in [-0.2, 0) is 20.7 Å². The summed E-state index contributed by atoms with van der Waals surface area (Å²) >= 11 is 0. The van der Waals surface area contributed by atoms with E-state index in [1.54, 1.807) is 42.5 Å². The molecular weight excluding hydrogens is 460 g/mol. The minimum atomic E-state index is -0.486. The summed E-state index contributed by atoms with van der Waals surface area (Å²) in [6, 6.07) is 18.7. The van der Waals surface area contributed by atoms with Gasteiger partial charge in [0.25, 0.3) is 0 Å². The smallest absolute Gasteiger partial charge is 0.323 e. The van der Waals surface area contributed by atoms with E-state index in [2.05, 4.69) is 20.7 Å². The van der Waals surface area contributed by atoms with Crippen molar-refractivity contribution in [2.75, 3.05) is 30.2 Å². The first kappa shape index (κ1) is 26.2. The maximum atomic E-state index is 12.6. The number of carbonyl (C=O) groups is 3. The number of hydrogen-bond donors (Lipinski definition) is 4. The van der Waals surface area contributed by atoms with Gasteiger partial charge >= 0.3 is 12.0 Å². The number of nitrogens with one attached hydrogen (secondary N) is 3. The van der Waals surface area contributed by atoms with Crippen LogP contribution in [0.4, 0.5) is 21.9 Å². The number of methoxy groups -OCH3 is 2. The molecular formula is C27H30N4O5. The zero-order valence-corrected chi connectivity index (χ0v) is 20.5. The van der Waals surface area contributed by atoms with Crippen LogP contribution >= 0.6 is 0 Å². The quantitative estimate of drug-likeness (QED) is 0.329. The number of aryl methyl sites for hydroxylation is 1. The van der Waals surface area contributed by atoms with E-state index < -0.39 is 12.1 Å². The maximum absolute atomic E-state index is 12.6. The summed E-state index contributed by atoms with van der Waals surface area (Å²) in [5, 5.41) is 8.41. The molecule has 5 N–H and O–H groups in total. The first-order valence-corrected chi connectivity index (χ1v) is 11.3. The third kappa shape index (κ3) is 7.31. The molecule has 3 rings (SSSR count). The summed E-state index contributed by atoms with van der Waals surface area (Å²) in [4.78, 5) is 36.4. The van der Waals surface area contributed by atoms with Crippen molar-refractivity contribution in [1.82, 2.24) is 0 Å². The molecule has 0 aliphatic heterocycles. The van der Waals surface area contributed by atoms with Gasteiger partial charge in [0, 0.05) is 17.4 Å². The monoisotopic (exact) mass is 490 g/mol. The molecule has 1 unspecified atom stereocenters. The van der Waals surface area contributed by atoms with E-state index in [1.165, 1.54) is 14.2 Å². The Morgan fingerprint density at radius 3 is 2.25 bits per heavy atom. The highest BCUT2D eigenvalue weighted by molar-refractivity contribution is 6.01. The summed E-state index contributed by atoms with van der Waals surface area (Å²) in [5.41, 5.74) is 10.2. The Morgan fingerprint density at radius 1 is 0.889 bits per heavy atom. The van der Waals surface area contributed by atoms with Crippen LogP contribution in [0, 0.1) is 6.92 Å². The summed E-state index contributed by atoms with van der Waals surface area (Å²) in [7, 11) is 2.81. The van der Waals surface area contributed by atoms with Crippen LogP contribution in [0.15, 0.2) is 66.7 Å². The second kappa shape index (κ2) is 12.4. The Kier molecular flexibility index (Phi) is 9.01. The number of esters is 1. The van der Waals surface area contributed by atoms with Crippen molar-refractivity contribution in [2.24, 2.45) is 5.73 Å². The number of amides is 3. The Labute approximate surface area is 210 Å². The zero-order valence-electron chi connectivity index (χ0n) is 20.5. The molecule has 0 aromatic heterocycles. The van der Waals surface area contributed by atoms with Crippen molar-refractivity contribution in [2.45, 2.75) is 25.8 Å². The van der Waals surface area contributed by atoms with Gasteiger partial charge in [-0.05, 0) is 53.9 Å². The Hall–Kier alpha value is -4.37. The molecule has 3 aromatic rings. The molecule has 0 fully saturated rings. The van der Waals surface area contributed by atoms with Gasteiger partial charge in [0.05, 0.1) is 32.7 Å². The second-order valence-corrected chi connectivity index (χ2v) is 8.16. The number of para-hydroxylation sites is 1. The lowest BCUT2D eigenvalue weighted by molar-refractivity contribution is -0.141. The van der Waals surface area contributed by atoms with Gasteiger partial charge in [0.2, 0.25) is 5.91 Å². The van der Waals surface area contributed by atoms with Crippen LogP contribution in [0.5, 0.6) is 5.75 Å². The highest BCUT2D eigenvalue weighted by Crippen LogP contribution is 2.27. The number of carbonyl (C=O) groups excluding carboxylic acids is 3. The lowest BCUT2D eigenvalue weighted by Crippen LogP contribution is -2.20. The van der Waals surface area contributed by atoms with Gasteiger partial charge in [-0.3, -0.25) is 9.59 Å². The van der Waals surface area contributed by atoms with Gasteiger partial charge in [0.15, 0.2) is 0 Å². The predicted octanol–water partition coefficient (Wildman–Crippen LogP) is 4.39. The fourth-order valence-electron chi connectivity index (χ4n) is 3.52. The summed E-state index contributed by atoms with van der Waals surface area (Å²) in [5.74, 6) is -0.172. The fourth-order valence-corrected chi connectivity index (χ4v) is 3.52. The van der Waals surface area contributed by atoms with Gasteiger partial charge in [-0.1, -0.05) is 36.4 Å². The topological polar surface area (TPSA) is 132 Å². The average molecular weight is 491 g/mol. The molecule has 9 nitrogen and oxygen atoms in total. The van der Waals surface area contributed by atoms with Crippen LogP contribution in [-0.4, -0.2) is 32.1 Å². The van der Waals surface area contributed by atoms with Crippen molar-refractivity contribution >= 4 is 35.0 Å². The van der Waals surface area contributed by atoms with Crippen molar-refractivity contribution < 1.29 is 23.9 Å². The van der Waals surface area contributed by atoms with E-state index in [4.69, 9.17) is 10.5 Å². The van der Waals surface area contributed by atoms with Crippen LogP contribution in [0.2, 0.25) is 0 Å². The van der Waals surface area contributed by atoms with Gasteiger partial charge in [-0.25, -0.2) is 4.79 Å². The molecule has 0 spiro atoms. The lowest BCUT2D eigenvalue weighted by Gasteiger charge is -2.14. The molecule has 1 atom stereocenters. The van der Waals surface area contributed by atoms with Crippen LogP contribution < -0.4 is 26.4 Å². The number of urea groups is 1. The number of nitrogens with two attached hydrogens (primary N) is 1. The highest BCUT2D eigenvalue weighted by atomic mass is 16.5. The third-order valence-corrected chi connectivity index (χ3v) is 5.51. The number of ether oxygens (including phenoxy) is 2. The first-order valence-electron chi connectivity index (χ1n) is 11.3. The molecule has 36 heavy (non-hydrogen) atoms. The summed E-state index contributed by atoms with van der Waals surface area (Å²) in [6.07, 6.45) is 0.179. The van der Waals surface area contributed by atoms with E-state index in [0.717, 1.165) is 11.1 Å². The van der Waals surface area contributed by atoms with Gasteiger partial charge < -0.3 is 31.2 Å². The second-order valence-electron chi connectivity index (χ2n) is 8.16. The first-order chi connectivity index (χ1) is 17.3. The summed E-state index contributed by atoms with van der Waals surface area (Å²) in [6.45, 7) is 1.91. The third-order valence-electron chi connectivity index (χ3n) is 5.51. The van der Waals surface area contributed by atoms with E-state index in [1.807, 2.05) is 31.2 Å². The molecule has 188 valence electrons. The van der Waals surface area contributed by atoms with Crippen molar-refractivity contribution in [3.63, 3.8) is 0 Å².